The summed E-state index contributed by atoms with van der Waals surface area (Å²) in [4.78, 5) is 27.2. The molecule has 0 heterocycles. The van der Waals surface area contributed by atoms with Crippen molar-refractivity contribution in [3.8, 4) is 0 Å². The van der Waals surface area contributed by atoms with Crippen LogP contribution in [0.1, 0.15) is 26.3 Å². The van der Waals surface area contributed by atoms with Crippen LogP contribution in [0, 0.1) is 0 Å². The first-order valence-corrected chi connectivity index (χ1v) is 9.94. The van der Waals surface area contributed by atoms with Gasteiger partial charge in [0.25, 0.3) is 11.8 Å². The van der Waals surface area contributed by atoms with Crippen LogP contribution in [0.2, 0.25) is 0 Å². The highest BCUT2D eigenvalue weighted by molar-refractivity contribution is 9.10. The number of hydrogen-bond donors (Lipinski definition) is 2. The van der Waals surface area contributed by atoms with Gasteiger partial charge in [0.05, 0.1) is 5.56 Å². The highest BCUT2D eigenvalue weighted by Crippen LogP contribution is 2.24. The van der Waals surface area contributed by atoms with Crippen LogP contribution in [0.4, 0.5) is 11.4 Å². The van der Waals surface area contributed by atoms with Crippen molar-refractivity contribution in [2.45, 2.75) is 6.54 Å². The Kier molecular flexibility index (Phi) is 6.67. The normalized spacial score (nSPS) is 10.3. The fourth-order valence-corrected chi connectivity index (χ4v) is 3.13. The molecule has 0 aromatic heterocycles. The van der Waals surface area contributed by atoms with E-state index < -0.39 is 0 Å². The van der Waals surface area contributed by atoms with Gasteiger partial charge in [0.1, 0.15) is 0 Å². The number of carbonyl (C=O) groups excluding carboxylic acids is 2. The molecule has 0 atom stereocenters. The quantitative estimate of drug-likeness (QED) is 0.570. The second kappa shape index (κ2) is 9.39. The summed E-state index contributed by atoms with van der Waals surface area (Å²) in [6, 6.07) is 22.1. The van der Waals surface area contributed by atoms with Crippen LogP contribution >= 0.6 is 15.9 Å². The van der Waals surface area contributed by atoms with Crippen molar-refractivity contribution >= 4 is 39.1 Å². The Bertz CT molecular complexity index is 1000. The third kappa shape index (κ3) is 5.45. The predicted octanol–water partition coefficient (Wildman–Crippen LogP) is 4.70. The molecular formula is C23H22BrN3O2. The first-order valence-electron chi connectivity index (χ1n) is 9.14. The summed E-state index contributed by atoms with van der Waals surface area (Å²) in [6.45, 7) is 0.433. The second-order valence-electron chi connectivity index (χ2n) is 6.76. The smallest absolute Gasteiger partial charge is 0.255 e. The van der Waals surface area contributed by atoms with E-state index in [1.165, 1.54) is 0 Å². The average Bonchev–Trinajstić information content (AvgIpc) is 2.73. The Morgan fingerprint density at radius 3 is 2.24 bits per heavy atom. The number of nitrogens with one attached hydrogen (secondary N) is 2. The molecule has 0 saturated heterocycles. The highest BCUT2D eigenvalue weighted by atomic mass is 79.9. The maximum absolute atomic E-state index is 12.8. The third-order valence-corrected chi connectivity index (χ3v) is 4.91. The maximum Gasteiger partial charge on any atom is 0.255 e. The number of halogens is 1. The average molecular weight is 452 g/mol. The zero-order valence-corrected chi connectivity index (χ0v) is 17.9. The van der Waals surface area contributed by atoms with Crippen LogP contribution < -0.4 is 15.5 Å². The summed E-state index contributed by atoms with van der Waals surface area (Å²) in [5.74, 6) is -0.428. The SMILES string of the molecule is CN(C)c1ccc(NC(=O)c2ccc(Br)cc2)cc1C(=O)NCc1ccccc1. The standard InChI is InChI=1S/C23H22BrN3O2/c1-27(2)21-13-12-19(26-22(28)17-8-10-18(24)11-9-17)14-20(21)23(29)25-15-16-6-4-3-5-7-16/h3-14H,15H2,1-2H3,(H,25,29)(H,26,28). The first kappa shape index (κ1) is 20.6. The molecule has 3 aromatic carbocycles. The topological polar surface area (TPSA) is 61.4 Å². The Morgan fingerprint density at radius 1 is 0.897 bits per heavy atom. The monoisotopic (exact) mass is 451 g/mol. The minimum Gasteiger partial charge on any atom is -0.377 e. The Morgan fingerprint density at radius 2 is 1.59 bits per heavy atom. The lowest BCUT2D eigenvalue weighted by atomic mass is 10.1. The van der Waals surface area contributed by atoms with Crippen LogP contribution in [0.3, 0.4) is 0 Å². The van der Waals surface area contributed by atoms with Crippen LogP contribution in [-0.2, 0) is 6.54 Å². The van der Waals surface area contributed by atoms with Gasteiger partial charge in [-0.05, 0) is 48.0 Å². The molecule has 0 unspecified atom stereocenters. The summed E-state index contributed by atoms with van der Waals surface area (Å²) in [7, 11) is 3.76. The van der Waals surface area contributed by atoms with Gasteiger partial charge in [0, 0.05) is 42.1 Å². The van der Waals surface area contributed by atoms with Crippen LogP contribution in [0.15, 0.2) is 77.3 Å². The molecular weight excluding hydrogens is 430 g/mol. The Labute approximate surface area is 178 Å². The lowest BCUT2D eigenvalue weighted by Gasteiger charge is -2.18. The number of anilines is 2. The molecule has 5 nitrogen and oxygen atoms in total. The van der Waals surface area contributed by atoms with Crippen molar-refractivity contribution in [3.63, 3.8) is 0 Å². The first-order chi connectivity index (χ1) is 13.9. The summed E-state index contributed by atoms with van der Waals surface area (Å²) >= 11 is 3.36. The fourth-order valence-electron chi connectivity index (χ4n) is 2.86. The van der Waals surface area contributed by atoms with E-state index >= 15 is 0 Å². The van der Waals surface area contributed by atoms with E-state index in [0.29, 0.717) is 23.4 Å². The van der Waals surface area contributed by atoms with E-state index in [1.807, 2.05) is 67.5 Å². The summed E-state index contributed by atoms with van der Waals surface area (Å²) in [5, 5.41) is 5.81. The van der Waals surface area contributed by atoms with Gasteiger partial charge in [-0.25, -0.2) is 0 Å². The van der Waals surface area contributed by atoms with Gasteiger partial charge in [-0.3, -0.25) is 9.59 Å². The van der Waals surface area contributed by atoms with Crippen molar-refractivity contribution in [3.05, 3.63) is 94.0 Å². The van der Waals surface area contributed by atoms with E-state index in [0.717, 1.165) is 15.7 Å². The molecule has 2 N–H and O–H groups in total. The predicted molar refractivity (Wildman–Crippen MR) is 120 cm³/mol. The van der Waals surface area contributed by atoms with E-state index in [2.05, 4.69) is 26.6 Å². The lowest BCUT2D eigenvalue weighted by Crippen LogP contribution is -2.25. The molecule has 29 heavy (non-hydrogen) atoms. The third-order valence-electron chi connectivity index (χ3n) is 4.38. The van der Waals surface area contributed by atoms with Gasteiger partial charge in [-0.15, -0.1) is 0 Å². The summed E-state index contributed by atoms with van der Waals surface area (Å²) in [6.07, 6.45) is 0. The van der Waals surface area contributed by atoms with Crippen molar-refractivity contribution in [2.75, 3.05) is 24.3 Å². The minimum atomic E-state index is -0.231. The van der Waals surface area contributed by atoms with Crippen LogP contribution in [-0.4, -0.2) is 25.9 Å². The zero-order valence-electron chi connectivity index (χ0n) is 16.3. The number of hydrogen-bond acceptors (Lipinski definition) is 3. The van der Waals surface area contributed by atoms with Gasteiger partial charge in [-0.2, -0.15) is 0 Å². The largest absolute Gasteiger partial charge is 0.377 e. The van der Waals surface area contributed by atoms with E-state index in [1.54, 1.807) is 24.3 Å². The van der Waals surface area contributed by atoms with Gasteiger partial charge in [-0.1, -0.05) is 46.3 Å². The lowest BCUT2D eigenvalue weighted by molar-refractivity contribution is 0.0950. The zero-order chi connectivity index (χ0) is 20.8. The van der Waals surface area contributed by atoms with E-state index in [9.17, 15) is 9.59 Å². The molecule has 3 rings (SSSR count). The molecule has 0 fully saturated rings. The molecule has 0 bridgehead atoms. The number of amides is 2. The molecule has 148 valence electrons. The van der Waals surface area contributed by atoms with Crippen LogP contribution in [0.25, 0.3) is 0 Å². The van der Waals surface area contributed by atoms with E-state index in [4.69, 9.17) is 0 Å². The molecule has 0 radical (unpaired) electrons. The maximum atomic E-state index is 12.8. The molecule has 0 aliphatic rings. The Balaban J connectivity index is 1.78. The second-order valence-corrected chi connectivity index (χ2v) is 7.67. The fraction of sp³-hybridized carbons (Fsp3) is 0.130. The number of benzene rings is 3. The van der Waals surface area contributed by atoms with Crippen LogP contribution in [0.5, 0.6) is 0 Å². The highest BCUT2D eigenvalue weighted by Gasteiger charge is 2.15. The molecule has 0 aliphatic carbocycles. The summed E-state index contributed by atoms with van der Waals surface area (Å²) < 4.78 is 0.904. The molecule has 0 saturated carbocycles. The van der Waals surface area contributed by atoms with Crippen molar-refractivity contribution < 1.29 is 9.59 Å². The number of nitrogens with zero attached hydrogens (tertiary/aromatic N) is 1. The van der Waals surface area contributed by atoms with Crippen molar-refractivity contribution in [1.29, 1.82) is 0 Å². The Hall–Kier alpha value is -3.12. The van der Waals surface area contributed by atoms with Gasteiger partial charge in [0.15, 0.2) is 0 Å². The van der Waals surface area contributed by atoms with Gasteiger partial charge < -0.3 is 15.5 Å². The molecule has 0 aliphatic heterocycles. The van der Waals surface area contributed by atoms with Crippen molar-refractivity contribution in [2.24, 2.45) is 0 Å². The van der Waals surface area contributed by atoms with Gasteiger partial charge >= 0.3 is 0 Å². The molecule has 3 aromatic rings. The minimum absolute atomic E-state index is 0.197. The van der Waals surface area contributed by atoms with Gasteiger partial charge in [0.2, 0.25) is 0 Å². The van der Waals surface area contributed by atoms with E-state index in [-0.39, 0.29) is 11.8 Å². The molecule has 6 heteroatoms. The summed E-state index contributed by atoms with van der Waals surface area (Å²) in [5.41, 5.74) is 3.40. The molecule has 0 spiro atoms. The van der Waals surface area contributed by atoms with Crippen molar-refractivity contribution in [1.82, 2.24) is 5.32 Å². The number of rotatable bonds is 6. The molecule has 2 amide bonds. The number of carbonyl (C=O) groups is 2.